The normalized spacial score (nSPS) is 14.6. The number of ether oxygens (including phenoxy) is 1. The van der Waals surface area contributed by atoms with Crippen molar-refractivity contribution >= 4 is 54.0 Å². The minimum Gasteiger partial charge on any atom is -0.440 e. The zero-order valence-electron chi connectivity index (χ0n) is 16.8. The molecule has 0 saturated carbocycles. The number of anilines is 2. The smallest absolute Gasteiger partial charge is 0.200 e. The Kier molecular flexibility index (Phi) is 4.23. The number of benzene rings is 3. The summed E-state index contributed by atoms with van der Waals surface area (Å²) in [6.07, 6.45) is 0. The van der Waals surface area contributed by atoms with Crippen LogP contribution in [-0.2, 0) is 4.74 Å². The van der Waals surface area contributed by atoms with E-state index in [2.05, 4.69) is 17.0 Å². The van der Waals surface area contributed by atoms with E-state index in [9.17, 15) is 4.79 Å². The fraction of sp³-hybridized carbons (Fsp3) is 0.160. The average molecular weight is 429 g/mol. The second kappa shape index (κ2) is 7.11. The van der Waals surface area contributed by atoms with Gasteiger partial charge in [0, 0.05) is 56.1 Å². The van der Waals surface area contributed by atoms with Crippen molar-refractivity contribution in [1.82, 2.24) is 0 Å². The molecule has 6 rings (SSSR count). The maximum atomic E-state index is 12.9. The molecule has 3 aromatic carbocycles. The molecule has 0 amide bonds. The number of nitrogens with zero attached hydrogens (tertiary/aromatic N) is 1. The maximum absolute atomic E-state index is 12.9. The van der Waals surface area contributed by atoms with E-state index in [0.717, 1.165) is 32.3 Å². The summed E-state index contributed by atoms with van der Waals surface area (Å²) in [6, 6.07) is 19.6. The molecule has 5 aromatic rings. The van der Waals surface area contributed by atoms with Crippen molar-refractivity contribution in [3.05, 3.63) is 70.9 Å². The summed E-state index contributed by atoms with van der Waals surface area (Å²) in [4.78, 5) is 15.0. The Labute approximate surface area is 182 Å². The fourth-order valence-electron chi connectivity index (χ4n) is 4.38. The molecule has 3 heterocycles. The summed E-state index contributed by atoms with van der Waals surface area (Å²) in [5, 5.41) is 2.79. The molecular formula is C25H20N2O3S. The molecule has 6 heteroatoms. The first-order valence-corrected chi connectivity index (χ1v) is 11.1. The first-order chi connectivity index (χ1) is 15.2. The summed E-state index contributed by atoms with van der Waals surface area (Å²) in [5.41, 5.74) is 9.65. The van der Waals surface area contributed by atoms with Crippen LogP contribution < -0.4 is 16.1 Å². The number of nitrogen functional groups attached to an aromatic ring is 1. The van der Waals surface area contributed by atoms with E-state index in [0.29, 0.717) is 43.2 Å². The Morgan fingerprint density at radius 3 is 2.58 bits per heavy atom. The van der Waals surface area contributed by atoms with E-state index in [4.69, 9.17) is 14.9 Å². The van der Waals surface area contributed by atoms with Gasteiger partial charge in [-0.05, 0) is 18.2 Å². The third-order valence-corrected chi connectivity index (χ3v) is 7.12. The lowest BCUT2D eigenvalue weighted by molar-refractivity contribution is 0.121. The minimum atomic E-state index is -0.0346. The number of hydrogen-bond donors (Lipinski definition) is 1. The van der Waals surface area contributed by atoms with Crippen molar-refractivity contribution in [1.29, 1.82) is 0 Å². The molecule has 0 spiro atoms. The lowest BCUT2D eigenvalue weighted by Gasteiger charge is -2.27. The van der Waals surface area contributed by atoms with Crippen LogP contribution in [0.1, 0.15) is 0 Å². The summed E-state index contributed by atoms with van der Waals surface area (Å²) in [7, 11) is 0. The molecular weight excluding hydrogens is 408 g/mol. The molecule has 5 nitrogen and oxygen atoms in total. The Morgan fingerprint density at radius 1 is 0.903 bits per heavy atom. The third-order valence-electron chi connectivity index (χ3n) is 5.91. The monoisotopic (exact) mass is 428 g/mol. The summed E-state index contributed by atoms with van der Waals surface area (Å²) < 4.78 is 14.1. The van der Waals surface area contributed by atoms with Crippen LogP contribution in [0.25, 0.3) is 42.3 Å². The lowest BCUT2D eigenvalue weighted by Crippen LogP contribution is -2.36. The van der Waals surface area contributed by atoms with Gasteiger partial charge >= 0.3 is 0 Å². The number of morpholine rings is 1. The molecule has 2 N–H and O–H groups in total. The Bertz CT molecular complexity index is 1510. The highest BCUT2D eigenvalue weighted by Gasteiger charge is 2.19. The molecule has 2 aromatic heterocycles. The highest BCUT2D eigenvalue weighted by atomic mass is 32.1. The standard InChI is InChI=1S/C25H20N2O3S/c26-19-9-8-16(25-23(19)18-4-1-2-7-21(18)31-25)15-5-3-6-17-20(28)14-22(30-24(15)17)27-10-12-29-13-11-27/h1-9,14H,10-13,26H2. The van der Waals surface area contributed by atoms with Gasteiger partial charge in [-0.25, -0.2) is 0 Å². The highest BCUT2D eigenvalue weighted by Crippen LogP contribution is 2.44. The van der Waals surface area contributed by atoms with Crippen LogP contribution in [0, 0.1) is 0 Å². The van der Waals surface area contributed by atoms with Gasteiger partial charge in [0.2, 0.25) is 0 Å². The second-order valence-corrected chi connectivity index (χ2v) is 8.79. The fourth-order valence-corrected chi connectivity index (χ4v) is 5.65. The van der Waals surface area contributed by atoms with Gasteiger partial charge in [-0.15, -0.1) is 11.3 Å². The van der Waals surface area contributed by atoms with Crippen molar-refractivity contribution in [3.63, 3.8) is 0 Å². The minimum absolute atomic E-state index is 0.0346. The van der Waals surface area contributed by atoms with Crippen LogP contribution in [0.5, 0.6) is 0 Å². The molecule has 1 aliphatic rings. The van der Waals surface area contributed by atoms with E-state index in [-0.39, 0.29) is 5.43 Å². The number of fused-ring (bicyclic) bond motifs is 4. The van der Waals surface area contributed by atoms with E-state index < -0.39 is 0 Å². The predicted molar refractivity (Wildman–Crippen MR) is 128 cm³/mol. The van der Waals surface area contributed by atoms with Crippen LogP contribution in [0.2, 0.25) is 0 Å². The Morgan fingerprint density at radius 2 is 1.71 bits per heavy atom. The number of para-hydroxylation sites is 1. The zero-order chi connectivity index (χ0) is 20.9. The molecule has 1 fully saturated rings. The lowest BCUT2D eigenvalue weighted by atomic mass is 9.99. The van der Waals surface area contributed by atoms with Gasteiger partial charge in [0.15, 0.2) is 11.3 Å². The highest BCUT2D eigenvalue weighted by molar-refractivity contribution is 7.26. The molecule has 154 valence electrons. The van der Waals surface area contributed by atoms with Gasteiger partial charge in [0.1, 0.15) is 5.58 Å². The Balaban J connectivity index is 1.65. The summed E-state index contributed by atoms with van der Waals surface area (Å²) >= 11 is 1.72. The number of rotatable bonds is 2. The van der Waals surface area contributed by atoms with E-state index in [1.165, 1.54) is 4.70 Å². The summed E-state index contributed by atoms with van der Waals surface area (Å²) in [6.45, 7) is 2.67. The number of nitrogens with two attached hydrogens (primary N) is 1. The van der Waals surface area contributed by atoms with Crippen LogP contribution in [0.15, 0.2) is 69.9 Å². The molecule has 0 aliphatic carbocycles. The van der Waals surface area contributed by atoms with E-state index in [1.54, 1.807) is 17.4 Å². The SMILES string of the molecule is Nc1ccc(-c2cccc3c(=O)cc(N4CCOCC4)oc23)c2sc3ccccc3c12. The van der Waals surface area contributed by atoms with Crippen molar-refractivity contribution in [2.24, 2.45) is 0 Å². The van der Waals surface area contributed by atoms with E-state index >= 15 is 0 Å². The molecule has 31 heavy (non-hydrogen) atoms. The largest absolute Gasteiger partial charge is 0.440 e. The van der Waals surface area contributed by atoms with Crippen molar-refractivity contribution in [2.75, 3.05) is 36.9 Å². The summed E-state index contributed by atoms with van der Waals surface area (Å²) in [5.74, 6) is 0.594. The van der Waals surface area contributed by atoms with Crippen LogP contribution in [0.3, 0.4) is 0 Å². The Hall–Kier alpha value is -3.35. The van der Waals surface area contributed by atoms with Gasteiger partial charge < -0.3 is 19.8 Å². The van der Waals surface area contributed by atoms with Crippen molar-refractivity contribution in [2.45, 2.75) is 0 Å². The quantitative estimate of drug-likeness (QED) is 0.389. The molecule has 0 bridgehead atoms. The van der Waals surface area contributed by atoms with E-state index in [1.807, 2.05) is 42.5 Å². The second-order valence-electron chi connectivity index (χ2n) is 7.74. The first-order valence-electron chi connectivity index (χ1n) is 10.3. The van der Waals surface area contributed by atoms with Crippen LogP contribution in [0.4, 0.5) is 11.6 Å². The molecule has 0 unspecified atom stereocenters. The van der Waals surface area contributed by atoms with Crippen LogP contribution >= 0.6 is 11.3 Å². The first kappa shape index (κ1) is 18.4. The zero-order valence-corrected chi connectivity index (χ0v) is 17.6. The maximum Gasteiger partial charge on any atom is 0.200 e. The van der Waals surface area contributed by atoms with Gasteiger partial charge in [-0.2, -0.15) is 0 Å². The van der Waals surface area contributed by atoms with Gasteiger partial charge in [0.25, 0.3) is 0 Å². The van der Waals surface area contributed by atoms with Crippen LogP contribution in [-0.4, -0.2) is 26.3 Å². The average Bonchev–Trinajstić information content (AvgIpc) is 3.20. The van der Waals surface area contributed by atoms with Gasteiger partial charge in [-0.1, -0.05) is 36.4 Å². The van der Waals surface area contributed by atoms with Gasteiger partial charge in [-0.3, -0.25) is 4.79 Å². The van der Waals surface area contributed by atoms with Gasteiger partial charge in [0.05, 0.1) is 18.6 Å². The third kappa shape index (κ3) is 2.91. The van der Waals surface area contributed by atoms with Crippen molar-refractivity contribution in [3.8, 4) is 11.1 Å². The molecule has 0 atom stereocenters. The molecule has 1 saturated heterocycles. The van der Waals surface area contributed by atoms with Crippen molar-refractivity contribution < 1.29 is 9.15 Å². The topological polar surface area (TPSA) is 68.7 Å². The number of thiophene rings is 1. The predicted octanol–water partition coefficient (Wildman–Crippen LogP) is 5.25. The molecule has 0 radical (unpaired) electrons. The molecule has 1 aliphatic heterocycles. The number of hydrogen-bond acceptors (Lipinski definition) is 6.